The van der Waals surface area contributed by atoms with Crippen LogP contribution in [0, 0.1) is 0 Å². The zero-order valence-electron chi connectivity index (χ0n) is 6.14. The van der Waals surface area contributed by atoms with Gasteiger partial charge >= 0.3 is 0 Å². The van der Waals surface area contributed by atoms with Gasteiger partial charge in [0.25, 0.3) is 0 Å². The molecule has 2 nitrogen and oxygen atoms in total. The van der Waals surface area contributed by atoms with Crippen LogP contribution in [0.4, 0.5) is 0 Å². The first-order valence-electron chi connectivity index (χ1n) is 3.64. The highest BCUT2D eigenvalue weighted by Gasteiger charge is 2.42. The van der Waals surface area contributed by atoms with E-state index in [1.54, 1.807) is 0 Å². The van der Waals surface area contributed by atoms with Crippen molar-refractivity contribution in [3.8, 4) is 0 Å². The lowest BCUT2D eigenvalue weighted by molar-refractivity contribution is 0.0850. The molecule has 1 heterocycles. The molecule has 1 aliphatic rings. The van der Waals surface area contributed by atoms with Gasteiger partial charge in [-0.1, -0.05) is 19.8 Å². The summed E-state index contributed by atoms with van der Waals surface area (Å²) >= 11 is 0. The second-order valence-corrected chi connectivity index (χ2v) is 2.76. The summed E-state index contributed by atoms with van der Waals surface area (Å²) in [7, 11) is 0. The van der Waals surface area contributed by atoms with Crippen LogP contribution in [0.15, 0.2) is 0 Å². The molecule has 0 aromatic rings. The van der Waals surface area contributed by atoms with Gasteiger partial charge in [0, 0.05) is 6.42 Å². The molecular formula is C7H14O2. The lowest BCUT2D eigenvalue weighted by Crippen LogP contribution is -2.01. The van der Waals surface area contributed by atoms with Crippen LogP contribution >= 0.6 is 0 Å². The maximum atomic E-state index is 4.74. The van der Waals surface area contributed by atoms with Crippen LogP contribution < -0.4 is 0 Å². The minimum absolute atomic E-state index is 0.199. The van der Waals surface area contributed by atoms with Gasteiger partial charge in [-0.2, -0.15) is 9.78 Å². The van der Waals surface area contributed by atoms with Crippen molar-refractivity contribution in [1.29, 1.82) is 0 Å². The van der Waals surface area contributed by atoms with Crippen LogP contribution in [0.5, 0.6) is 0 Å². The van der Waals surface area contributed by atoms with Crippen molar-refractivity contribution in [3.05, 3.63) is 0 Å². The number of hydrogen-bond donors (Lipinski definition) is 0. The molecule has 0 aromatic carbocycles. The summed E-state index contributed by atoms with van der Waals surface area (Å²) in [5, 5.41) is 0. The Labute approximate surface area is 56.1 Å². The topological polar surface area (TPSA) is 25.1 Å². The van der Waals surface area contributed by atoms with Gasteiger partial charge in [-0.05, 0) is 13.3 Å². The van der Waals surface area contributed by atoms with Crippen molar-refractivity contribution in [2.45, 2.75) is 45.3 Å². The Morgan fingerprint density at radius 3 is 2.33 bits per heavy atom. The fourth-order valence-electron chi connectivity index (χ4n) is 0.851. The van der Waals surface area contributed by atoms with Gasteiger partial charge in [-0.25, -0.2) is 0 Å². The monoisotopic (exact) mass is 130 g/mol. The van der Waals surface area contributed by atoms with E-state index < -0.39 is 0 Å². The highest BCUT2D eigenvalue weighted by atomic mass is 17.4. The smallest absolute Gasteiger partial charge is 0.195 e. The molecule has 0 spiro atoms. The molecular weight excluding hydrogens is 116 g/mol. The van der Waals surface area contributed by atoms with E-state index in [9.17, 15) is 0 Å². The Kier molecular flexibility index (Phi) is 2.09. The van der Waals surface area contributed by atoms with Gasteiger partial charge in [-0.3, -0.25) is 0 Å². The maximum Gasteiger partial charge on any atom is 0.231 e. The molecule has 0 saturated carbocycles. The van der Waals surface area contributed by atoms with Gasteiger partial charge < -0.3 is 0 Å². The summed E-state index contributed by atoms with van der Waals surface area (Å²) in [6.45, 7) is 4.17. The maximum absolute atomic E-state index is 4.74. The van der Waals surface area contributed by atoms with Crippen LogP contribution in [0.2, 0.25) is 0 Å². The Bertz CT molecular complexity index is 86.9. The second kappa shape index (κ2) is 2.67. The van der Waals surface area contributed by atoms with Crippen molar-refractivity contribution in [2.24, 2.45) is 0 Å². The average molecular weight is 130 g/mol. The Balaban J connectivity index is 1.92. The fraction of sp³-hybridized carbons (Fsp3) is 1.00. The number of unbranched alkanes of at least 4 members (excludes halogenated alkanes) is 2. The third-order valence-corrected chi connectivity index (χ3v) is 1.60. The largest absolute Gasteiger partial charge is 0.231 e. The van der Waals surface area contributed by atoms with Gasteiger partial charge in [0.05, 0.1) is 0 Å². The van der Waals surface area contributed by atoms with Crippen molar-refractivity contribution in [2.75, 3.05) is 0 Å². The van der Waals surface area contributed by atoms with E-state index in [1.807, 2.05) is 6.92 Å². The van der Waals surface area contributed by atoms with E-state index in [0.717, 1.165) is 6.42 Å². The molecule has 0 aromatic heterocycles. The van der Waals surface area contributed by atoms with Crippen LogP contribution in [0.25, 0.3) is 0 Å². The van der Waals surface area contributed by atoms with Gasteiger partial charge in [0.15, 0.2) is 0 Å². The number of rotatable bonds is 4. The molecule has 2 heteroatoms. The molecule has 1 saturated heterocycles. The summed E-state index contributed by atoms with van der Waals surface area (Å²) in [6.07, 6.45) is 4.80. The molecule has 0 bridgehead atoms. The molecule has 0 radical (unpaired) electrons. The molecule has 0 aliphatic carbocycles. The summed E-state index contributed by atoms with van der Waals surface area (Å²) in [6, 6.07) is 0. The molecule has 0 atom stereocenters. The quantitative estimate of drug-likeness (QED) is 0.331. The molecule has 54 valence electrons. The standard InChI is InChI=1S/C7H14O2/c1-3-4-5-6-7(2)8-9-7/h3-6H2,1-2H3. The van der Waals surface area contributed by atoms with Crippen molar-refractivity contribution in [1.82, 2.24) is 0 Å². The zero-order chi connectivity index (χ0) is 6.74. The molecule has 0 amide bonds. The minimum Gasteiger partial charge on any atom is -0.195 e. The predicted octanol–water partition coefficient (Wildman–Crippen LogP) is 2.24. The zero-order valence-corrected chi connectivity index (χ0v) is 6.14. The highest BCUT2D eigenvalue weighted by Crippen LogP contribution is 2.33. The van der Waals surface area contributed by atoms with Crippen molar-refractivity contribution in [3.63, 3.8) is 0 Å². The summed E-state index contributed by atoms with van der Waals surface area (Å²) < 4.78 is 0. The van der Waals surface area contributed by atoms with Gasteiger partial charge in [0.1, 0.15) is 0 Å². The SMILES string of the molecule is CCCCCC1(C)OO1. The molecule has 1 aliphatic heterocycles. The van der Waals surface area contributed by atoms with Gasteiger partial charge in [0.2, 0.25) is 5.79 Å². The fourth-order valence-corrected chi connectivity index (χ4v) is 0.851. The Hall–Kier alpha value is -0.0800. The van der Waals surface area contributed by atoms with E-state index in [-0.39, 0.29) is 5.79 Å². The van der Waals surface area contributed by atoms with Crippen LogP contribution in [0.1, 0.15) is 39.5 Å². The first-order chi connectivity index (χ1) is 4.27. The van der Waals surface area contributed by atoms with Gasteiger partial charge in [-0.15, -0.1) is 0 Å². The molecule has 0 unspecified atom stereocenters. The Morgan fingerprint density at radius 1 is 1.22 bits per heavy atom. The third kappa shape index (κ3) is 2.33. The van der Waals surface area contributed by atoms with E-state index in [4.69, 9.17) is 9.78 Å². The highest BCUT2D eigenvalue weighted by molar-refractivity contribution is 4.65. The first-order valence-corrected chi connectivity index (χ1v) is 3.64. The summed E-state index contributed by atoms with van der Waals surface area (Å²) in [5.41, 5.74) is 0. The average Bonchev–Trinajstić information content (AvgIpc) is 2.50. The first kappa shape index (κ1) is 7.03. The van der Waals surface area contributed by atoms with Crippen LogP contribution in [0.3, 0.4) is 0 Å². The number of hydrogen-bond acceptors (Lipinski definition) is 2. The Morgan fingerprint density at radius 2 is 1.89 bits per heavy atom. The van der Waals surface area contributed by atoms with E-state index in [2.05, 4.69) is 6.92 Å². The normalized spacial score (nSPS) is 22.0. The predicted molar refractivity (Wildman–Crippen MR) is 34.7 cm³/mol. The lowest BCUT2D eigenvalue weighted by Gasteiger charge is -1.96. The van der Waals surface area contributed by atoms with E-state index in [1.165, 1.54) is 19.3 Å². The molecule has 1 fully saturated rings. The summed E-state index contributed by atoms with van der Waals surface area (Å²) in [5.74, 6) is -0.199. The molecule has 1 rings (SSSR count). The van der Waals surface area contributed by atoms with Crippen molar-refractivity contribution < 1.29 is 9.78 Å². The summed E-state index contributed by atoms with van der Waals surface area (Å²) in [4.78, 5) is 9.49. The minimum atomic E-state index is -0.199. The van der Waals surface area contributed by atoms with Crippen LogP contribution in [-0.2, 0) is 9.78 Å². The lowest BCUT2D eigenvalue weighted by atomic mass is 10.1. The second-order valence-electron chi connectivity index (χ2n) is 2.76. The van der Waals surface area contributed by atoms with Crippen LogP contribution in [-0.4, -0.2) is 5.79 Å². The third-order valence-electron chi connectivity index (χ3n) is 1.60. The molecule has 9 heavy (non-hydrogen) atoms. The molecule has 0 N–H and O–H groups in total. The van der Waals surface area contributed by atoms with E-state index in [0.29, 0.717) is 0 Å². The van der Waals surface area contributed by atoms with Crippen molar-refractivity contribution >= 4 is 0 Å². The van der Waals surface area contributed by atoms with E-state index >= 15 is 0 Å².